The second kappa shape index (κ2) is 4.41. The highest BCUT2D eigenvalue weighted by molar-refractivity contribution is 9.09. The van der Waals surface area contributed by atoms with Crippen molar-refractivity contribution in [3.63, 3.8) is 0 Å². The van der Waals surface area contributed by atoms with Crippen LogP contribution in [0.5, 0.6) is 0 Å². The molecule has 1 rings (SSSR count). The molecule has 2 heteroatoms. The minimum Gasteiger partial charge on any atom is -0.207 e. The van der Waals surface area contributed by atoms with E-state index in [1.54, 1.807) is 12.1 Å². The van der Waals surface area contributed by atoms with Crippen molar-refractivity contribution in [1.82, 2.24) is 0 Å². The quantitative estimate of drug-likeness (QED) is 0.679. The van der Waals surface area contributed by atoms with E-state index < -0.39 is 0 Å². The van der Waals surface area contributed by atoms with Crippen LogP contribution in [0.25, 0.3) is 6.08 Å². The van der Waals surface area contributed by atoms with E-state index in [4.69, 9.17) is 0 Å². The summed E-state index contributed by atoms with van der Waals surface area (Å²) in [7, 11) is 0. The number of alkyl halides is 1. The van der Waals surface area contributed by atoms with Crippen molar-refractivity contribution in [2.24, 2.45) is 0 Å². The van der Waals surface area contributed by atoms with Gasteiger partial charge in [-0.3, -0.25) is 0 Å². The average Bonchev–Trinajstić information content (AvgIpc) is 2.09. The van der Waals surface area contributed by atoms with Gasteiger partial charge in [0.2, 0.25) is 0 Å². The zero-order chi connectivity index (χ0) is 8.97. The molecule has 1 aromatic rings. The maximum Gasteiger partial charge on any atom is 0.123 e. The Morgan fingerprint density at radius 2 is 2.00 bits per heavy atom. The van der Waals surface area contributed by atoms with Gasteiger partial charge in [0.05, 0.1) is 0 Å². The summed E-state index contributed by atoms with van der Waals surface area (Å²) < 4.78 is 12.5. The third kappa shape index (κ3) is 2.78. The van der Waals surface area contributed by atoms with Gasteiger partial charge in [-0.15, -0.1) is 0 Å². The standard InChI is InChI=1S/C10H10BrF/c1-8(7-11)6-9-2-4-10(12)5-3-9/h2-6H,7H2,1H3/b8-6+. The Kier molecular flexibility index (Phi) is 3.48. The molecule has 0 aliphatic carbocycles. The molecule has 0 spiro atoms. The summed E-state index contributed by atoms with van der Waals surface area (Å²) >= 11 is 3.34. The van der Waals surface area contributed by atoms with Crippen molar-refractivity contribution in [3.05, 3.63) is 41.2 Å². The van der Waals surface area contributed by atoms with Crippen LogP contribution in [-0.4, -0.2) is 5.33 Å². The van der Waals surface area contributed by atoms with Crippen LogP contribution < -0.4 is 0 Å². The van der Waals surface area contributed by atoms with Gasteiger partial charge in [-0.1, -0.05) is 39.7 Å². The van der Waals surface area contributed by atoms with Crippen molar-refractivity contribution < 1.29 is 4.39 Å². The number of benzene rings is 1. The van der Waals surface area contributed by atoms with Gasteiger partial charge in [0.15, 0.2) is 0 Å². The van der Waals surface area contributed by atoms with Crippen molar-refractivity contribution >= 4 is 22.0 Å². The first-order valence-electron chi connectivity index (χ1n) is 3.71. The predicted octanol–water partition coefficient (Wildman–Crippen LogP) is 3.62. The molecule has 0 saturated carbocycles. The molecule has 0 atom stereocenters. The zero-order valence-corrected chi connectivity index (χ0v) is 8.44. The fraction of sp³-hybridized carbons (Fsp3) is 0.200. The molecular formula is C10H10BrF. The predicted molar refractivity (Wildman–Crippen MR) is 53.8 cm³/mol. The molecule has 0 bridgehead atoms. The molecule has 1 aromatic carbocycles. The van der Waals surface area contributed by atoms with Gasteiger partial charge in [-0.25, -0.2) is 4.39 Å². The number of allylic oxidation sites excluding steroid dienone is 1. The zero-order valence-electron chi connectivity index (χ0n) is 6.85. The first kappa shape index (κ1) is 9.46. The minimum absolute atomic E-state index is 0.191. The maximum atomic E-state index is 12.5. The summed E-state index contributed by atoms with van der Waals surface area (Å²) in [6.45, 7) is 2.03. The Morgan fingerprint density at radius 3 is 2.50 bits per heavy atom. The van der Waals surface area contributed by atoms with Crippen molar-refractivity contribution in [2.45, 2.75) is 6.92 Å². The lowest BCUT2D eigenvalue weighted by molar-refractivity contribution is 0.628. The van der Waals surface area contributed by atoms with E-state index >= 15 is 0 Å². The Morgan fingerprint density at radius 1 is 1.42 bits per heavy atom. The smallest absolute Gasteiger partial charge is 0.123 e. The summed E-state index contributed by atoms with van der Waals surface area (Å²) in [5, 5.41) is 0.852. The molecule has 12 heavy (non-hydrogen) atoms. The van der Waals surface area contributed by atoms with E-state index in [-0.39, 0.29) is 5.82 Å². The van der Waals surface area contributed by atoms with Crippen LogP contribution in [0.15, 0.2) is 29.8 Å². The molecule has 0 radical (unpaired) electrons. The van der Waals surface area contributed by atoms with Gasteiger partial charge in [0.1, 0.15) is 5.82 Å². The van der Waals surface area contributed by atoms with E-state index in [1.165, 1.54) is 17.7 Å². The molecule has 0 N–H and O–H groups in total. The largest absolute Gasteiger partial charge is 0.207 e. The summed E-state index contributed by atoms with van der Waals surface area (Å²) in [6.07, 6.45) is 2.02. The molecule has 0 heterocycles. The molecule has 0 amide bonds. The summed E-state index contributed by atoms with van der Waals surface area (Å²) in [5.74, 6) is -0.191. The Bertz CT molecular complexity index is 274. The van der Waals surface area contributed by atoms with Gasteiger partial charge >= 0.3 is 0 Å². The molecule has 0 nitrogen and oxygen atoms in total. The molecule has 0 aliphatic heterocycles. The van der Waals surface area contributed by atoms with Crippen LogP contribution >= 0.6 is 15.9 Å². The van der Waals surface area contributed by atoms with Crippen molar-refractivity contribution in [3.8, 4) is 0 Å². The topological polar surface area (TPSA) is 0 Å². The Balaban J connectivity index is 2.84. The van der Waals surface area contributed by atoms with Crippen LogP contribution in [0, 0.1) is 5.82 Å². The fourth-order valence-corrected chi connectivity index (χ4v) is 1.04. The minimum atomic E-state index is -0.191. The van der Waals surface area contributed by atoms with Gasteiger partial charge in [0, 0.05) is 5.33 Å². The second-order valence-corrected chi connectivity index (χ2v) is 3.24. The third-order valence-corrected chi connectivity index (χ3v) is 2.38. The Hall–Kier alpha value is -0.630. The molecule has 0 saturated heterocycles. The molecule has 0 fully saturated rings. The molecular weight excluding hydrogens is 219 g/mol. The number of hydrogen-bond acceptors (Lipinski definition) is 0. The van der Waals surface area contributed by atoms with Crippen molar-refractivity contribution in [1.29, 1.82) is 0 Å². The lowest BCUT2D eigenvalue weighted by Gasteiger charge is -1.95. The summed E-state index contributed by atoms with van der Waals surface area (Å²) in [5.41, 5.74) is 2.26. The number of hydrogen-bond donors (Lipinski definition) is 0. The van der Waals surface area contributed by atoms with E-state index in [1.807, 2.05) is 13.0 Å². The number of rotatable bonds is 2. The van der Waals surface area contributed by atoms with Gasteiger partial charge in [-0.05, 0) is 24.6 Å². The van der Waals surface area contributed by atoms with Crippen LogP contribution in [0.4, 0.5) is 4.39 Å². The monoisotopic (exact) mass is 228 g/mol. The Labute approximate surface area is 80.2 Å². The highest BCUT2D eigenvalue weighted by Crippen LogP contribution is 2.09. The summed E-state index contributed by atoms with van der Waals surface area (Å²) in [4.78, 5) is 0. The highest BCUT2D eigenvalue weighted by Gasteiger charge is 1.90. The first-order chi connectivity index (χ1) is 5.72. The molecule has 0 aromatic heterocycles. The van der Waals surface area contributed by atoms with E-state index in [2.05, 4.69) is 15.9 Å². The van der Waals surface area contributed by atoms with E-state index in [0.717, 1.165) is 10.9 Å². The van der Waals surface area contributed by atoms with Crippen molar-refractivity contribution in [2.75, 3.05) is 5.33 Å². The molecule has 64 valence electrons. The third-order valence-electron chi connectivity index (χ3n) is 1.49. The lowest BCUT2D eigenvalue weighted by atomic mass is 10.1. The lowest BCUT2D eigenvalue weighted by Crippen LogP contribution is -1.78. The summed E-state index contributed by atoms with van der Waals surface area (Å²) in [6, 6.07) is 6.46. The van der Waals surface area contributed by atoms with Crippen LogP contribution in [0.3, 0.4) is 0 Å². The second-order valence-electron chi connectivity index (χ2n) is 2.68. The molecule has 0 aliphatic rings. The van der Waals surface area contributed by atoms with Crippen LogP contribution in [0.1, 0.15) is 12.5 Å². The average molecular weight is 229 g/mol. The van der Waals surface area contributed by atoms with E-state index in [9.17, 15) is 4.39 Å². The SMILES string of the molecule is C/C(=C\c1ccc(F)cc1)CBr. The maximum absolute atomic E-state index is 12.5. The van der Waals surface area contributed by atoms with Crippen LogP contribution in [-0.2, 0) is 0 Å². The first-order valence-corrected chi connectivity index (χ1v) is 4.83. The number of halogens is 2. The highest BCUT2D eigenvalue weighted by atomic mass is 79.9. The van der Waals surface area contributed by atoms with Gasteiger partial charge in [-0.2, -0.15) is 0 Å². The normalized spacial score (nSPS) is 11.8. The van der Waals surface area contributed by atoms with Gasteiger partial charge in [0.25, 0.3) is 0 Å². The van der Waals surface area contributed by atoms with E-state index in [0.29, 0.717) is 0 Å². The molecule has 0 unspecified atom stereocenters. The van der Waals surface area contributed by atoms with Crippen LogP contribution in [0.2, 0.25) is 0 Å². The fourth-order valence-electron chi connectivity index (χ4n) is 0.882. The van der Waals surface area contributed by atoms with Gasteiger partial charge < -0.3 is 0 Å².